The molecule has 1 unspecified atom stereocenters. The molecule has 0 radical (unpaired) electrons. The molecule has 1 amide bonds. The Hall–Kier alpha value is -0.870. The number of carbonyl (C=O) groups excluding carboxylic acids is 1. The number of amides is 1. The van der Waals surface area contributed by atoms with Crippen LogP contribution >= 0.6 is 15.9 Å². The van der Waals surface area contributed by atoms with Gasteiger partial charge in [0.2, 0.25) is 5.91 Å². The summed E-state index contributed by atoms with van der Waals surface area (Å²) in [6, 6.07) is 8.04. The van der Waals surface area contributed by atoms with Gasteiger partial charge in [-0.1, -0.05) is 34.5 Å². The average Bonchev–Trinajstić information content (AvgIpc) is 2.23. The van der Waals surface area contributed by atoms with E-state index in [2.05, 4.69) is 26.8 Å². The highest BCUT2D eigenvalue weighted by molar-refractivity contribution is 9.10. The standard InChI is InChI=1S/C13H17BrN2O/c1-15-16-13(17)12(9-4-2-5-9)10-6-3-7-11(14)8-10/h3,6-9,12,15H,2,4-5H2,1H3,(H,16,17). The summed E-state index contributed by atoms with van der Waals surface area (Å²) in [5.41, 5.74) is 6.53. The maximum atomic E-state index is 12.1. The molecule has 1 fully saturated rings. The van der Waals surface area contributed by atoms with E-state index >= 15 is 0 Å². The molecule has 1 aromatic carbocycles. The van der Waals surface area contributed by atoms with Crippen molar-refractivity contribution in [1.82, 2.24) is 10.9 Å². The fraction of sp³-hybridized carbons (Fsp3) is 0.462. The molecule has 1 aromatic rings. The third kappa shape index (κ3) is 2.87. The van der Waals surface area contributed by atoms with Crippen LogP contribution in [-0.2, 0) is 4.79 Å². The van der Waals surface area contributed by atoms with Crippen LogP contribution in [0.25, 0.3) is 0 Å². The molecule has 17 heavy (non-hydrogen) atoms. The zero-order valence-corrected chi connectivity index (χ0v) is 11.5. The Labute approximate surface area is 110 Å². The summed E-state index contributed by atoms with van der Waals surface area (Å²) in [5.74, 6) is 0.515. The highest BCUT2D eigenvalue weighted by Gasteiger charge is 2.33. The Morgan fingerprint density at radius 1 is 1.47 bits per heavy atom. The van der Waals surface area contributed by atoms with Gasteiger partial charge < -0.3 is 0 Å². The molecule has 92 valence electrons. The zero-order chi connectivity index (χ0) is 12.3. The van der Waals surface area contributed by atoms with Gasteiger partial charge in [0, 0.05) is 11.5 Å². The molecule has 1 atom stereocenters. The molecule has 1 aliphatic carbocycles. The van der Waals surface area contributed by atoms with Crippen LogP contribution in [0, 0.1) is 5.92 Å². The van der Waals surface area contributed by atoms with Crippen molar-refractivity contribution in [2.45, 2.75) is 25.2 Å². The van der Waals surface area contributed by atoms with Gasteiger partial charge in [-0.15, -0.1) is 0 Å². The van der Waals surface area contributed by atoms with E-state index in [1.807, 2.05) is 24.3 Å². The highest BCUT2D eigenvalue weighted by atomic mass is 79.9. The van der Waals surface area contributed by atoms with Crippen LogP contribution < -0.4 is 10.9 Å². The van der Waals surface area contributed by atoms with E-state index in [9.17, 15) is 4.79 Å². The molecule has 3 nitrogen and oxygen atoms in total. The van der Waals surface area contributed by atoms with Crippen LogP contribution in [0.4, 0.5) is 0 Å². The van der Waals surface area contributed by atoms with E-state index in [1.165, 1.54) is 6.42 Å². The molecule has 1 saturated carbocycles. The van der Waals surface area contributed by atoms with Crippen molar-refractivity contribution in [3.63, 3.8) is 0 Å². The van der Waals surface area contributed by atoms with Gasteiger partial charge in [-0.2, -0.15) is 0 Å². The van der Waals surface area contributed by atoms with E-state index in [0.717, 1.165) is 22.9 Å². The summed E-state index contributed by atoms with van der Waals surface area (Å²) in [7, 11) is 1.72. The summed E-state index contributed by atoms with van der Waals surface area (Å²) < 4.78 is 1.02. The topological polar surface area (TPSA) is 41.1 Å². The number of carbonyl (C=O) groups is 1. The SMILES string of the molecule is CNNC(=O)C(c1cccc(Br)c1)C1CCC1. The summed E-state index contributed by atoms with van der Waals surface area (Å²) in [5, 5.41) is 0. The van der Waals surface area contributed by atoms with E-state index < -0.39 is 0 Å². The average molecular weight is 297 g/mol. The van der Waals surface area contributed by atoms with Gasteiger partial charge in [0.15, 0.2) is 0 Å². The summed E-state index contributed by atoms with van der Waals surface area (Å²) in [6.45, 7) is 0. The van der Waals surface area contributed by atoms with Crippen molar-refractivity contribution >= 4 is 21.8 Å². The largest absolute Gasteiger partial charge is 0.291 e. The number of benzene rings is 1. The van der Waals surface area contributed by atoms with E-state index in [-0.39, 0.29) is 11.8 Å². The second-order valence-corrected chi connectivity index (χ2v) is 5.38. The van der Waals surface area contributed by atoms with Crippen molar-refractivity contribution in [3.05, 3.63) is 34.3 Å². The first-order valence-electron chi connectivity index (χ1n) is 5.94. The van der Waals surface area contributed by atoms with Crippen molar-refractivity contribution in [2.75, 3.05) is 7.05 Å². The molecule has 0 aliphatic heterocycles. The Kier molecular flexibility index (Phi) is 4.18. The predicted octanol–water partition coefficient (Wildman–Crippen LogP) is 2.58. The molecule has 0 saturated heterocycles. The number of nitrogens with one attached hydrogen (secondary N) is 2. The third-order valence-corrected chi connectivity index (χ3v) is 3.85. The number of halogens is 1. The fourth-order valence-electron chi connectivity index (χ4n) is 2.31. The maximum Gasteiger partial charge on any atom is 0.241 e. The molecular weight excluding hydrogens is 280 g/mol. The Bertz CT molecular complexity index is 404. The molecule has 0 bridgehead atoms. The lowest BCUT2D eigenvalue weighted by Crippen LogP contribution is -2.41. The summed E-state index contributed by atoms with van der Waals surface area (Å²) in [6.07, 6.45) is 3.53. The van der Waals surface area contributed by atoms with Gasteiger partial charge in [0.25, 0.3) is 0 Å². The zero-order valence-electron chi connectivity index (χ0n) is 9.87. The monoisotopic (exact) mass is 296 g/mol. The van der Waals surface area contributed by atoms with Crippen LogP contribution in [0.2, 0.25) is 0 Å². The van der Waals surface area contributed by atoms with Crippen LogP contribution in [0.5, 0.6) is 0 Å². The third-order valence-electron chi connectivity index (χ3n) is 3.36. The second-order valence-electron chi connectivity index (χ2n) is 4.46. The molecule has 4 heteroatoms. The number of hydrogen-bond donors (Lipinski definition) is 2. The van der Waals surface area contributed by atoms with E-state index in [0.29, 0.717) is 5.92 Å². The first-order valence-corrected chi connectivity index (χ1v) is 6.73. The molecular formula is C13H17BrN2O. The molecule has 1 aliphatic rings. The lowest BCUT2D eigenvalue weighted by molar-refractivity contribution is -0.125. The van der Waals surface area contributed by atoms with Crippen molar-refractivity contribution in [2.24, 2.45) is 5.92 Å². The van der Waals surface area contributed by atoms with Crippen LogP contribution in [0.1, 0.15) is 30.7 Å². The van der Waals surface area contributed by atoms with Gasteiger partial charge in [-0.05, 0) is 36.5 Å². The second kappa shape index (κ2) is 5.65. The maximum absolute atomic E-state index is 12.1. The minimum atomic E-state index is -0.0336. The van der Waals surface area contributed by atoms with Gasteiger partial charge in [0.1, 0.15) is 0 Å². The van der Waals surface area contributed by atoms with Crippen molar-refractivity contribution < 1.29 is 4.79 Å². The minimum absolute atomic E-state index is 0.0336. The van der Waals surface area contributed by atoms with Crippen LogP contribution in [-0.4, -0.2) is 13.0 Å². The first kappa shape index (κ1) is 12.6. The van der Waals surface area contributed by atoms with Crippen LogP contribution in [0.15, 0.2) is 28.7 Å². The Balaban J connectivity index is 2.23. The highest BCUT2D eigenvalue weighted by Crippen LogP contribution is 2.39. The quantitative estimate of drug-likeness (QED) is 0.839. The summed E-state index contributed by atoms with van der Waals surface area (Å²) >= 11 is 3.46. The van der Waals surface area contributed by atoms with E-state index in [4.69, 9.17) is 0 Å². The number of rotatable bonds is 4. The van der Waals surface area contributed by atoms with Gasteiger partial charge in [0.05, 0.1) is 5.92 Å². The lowest BCUT2D eigenvalue weighted by atomic mass is 9.72. The van der Waals surface area contributed by atoms with Gasteiger partial charge >= 0.3 is 0 Å². The summed E-state index contributed by atoms with van der Waals surface area (Å²) in [4.78, 5) is 12.1. The smallest absolute Gasteiger partial charge is 0.241 e. The van der Waals surface area contributed by atoms with Gasteiger partial charge in [-0.25, -0.2) is 5.43 Å². The van der Waals surface area contributed by atoms with E-state index in [1.54, 1.807) is 7.05 Å². The first-order chi connectivity index (χ1) is 8.22. The predicted molar refractivity (Wildman–Crippen MR) is 71.4 cm³/mol. The molecule has 2 N–H and O–H groups in total. The minimum Gasteiger partial charge on any atom is -0.291 e. The normalized spacial score (nSPS) is 17.3. The molecule has 0 aromatic heterocycles. The lowest BCUT2D eigenvalue weighted by Gasteiger charge is -2.33. The Morgan fingerprint density at radius 3 is 2.76 bits per heavy atom. The fourth-order valence-corrected chi connectivity index (χ4v) is 2.73. The number of hydrazine groups is 1. The molecule has 0 heterocycles. The molecule has 2 rings (SSSR count). The number of hydrogen-bond acceptors (Lipinski definition) is 2. The van der Waals surface area contributed by atoms with Gasteiger partial charge in [-0.3, -0.25) is 10.2 Å². The Morgan fingerprint density at radius 2 is 2.24 bits per heavy atom. The van der Waals surface area contributed by atoms with Crippen molar-refractivity contribution in [1.29, 1.82) is 0 Å². The van der Waals surface area contributed by atoms with Crippen molar-refractivity contribution in [3.8, 4) is 0 Å². The van der Waals surface area contributed by atoms with Crippen LogP contribution in [0.3, 0.4) is 0 Å². The molecule has 0 spiro atoms.